The Hall–Kier alpha value is -3.41. The largest absolute Gasteiger partial charge is 0.450 e. The molecule has 6 heteroatoms. The van der Waals surface area contributed by atoms with Gasteiger partial charge >= 0.3 is 6.09 Å². The number of ether oxygens (including phenoxy) is 1. The Kier molecular flexibility index (Phi) is 5.65. The minimum atomic E-state index is -0.391. The number of carbonyl (C=O) groups is 1. The number of benzene rings is 2. The van der Waals surface area contributed by atoms with Gasteiger partial charge in [-0.2, -0.15) is 0 Å². The summed E-state index contributed by atoms with van der Waals surface area (Å²) in [7, 11) is 0. The molecule has 0 atom stereocenters. The average Bonchev–Trinajstić information content (AvgIpc) is 2.78. The van der Waals surface area contributed by atoms with Gasteiger partial charge in [0.1, 0.15) is 5.82 Å². The van der Waals surface area contributed by atoms with Gasteiger partial charge in [-0.3, -0.25) is 9.36 Å². The predicted octanol–water partition coefficient (Wildman–Crippen LogP) is 3.70. The van der Waals surface area contributed by atoms with Gasteiger partial charge in [0.25, 0.3) is 5.56 Å². The Balaban J connectivity index is 1.84. The van der Waals surface area contributed by atoms with Gasteiger partial charge in [0.15, 0.2) is 0 Å². The SMILES string of the molecule is CCOC(=O)N1CCc2nc(C)n(C(c3ccccc3)c3ccccc3)c(=O)c2C1. The first-order valence-electron chi connectivity index (χ1n) is 10.2. The molecule has 2 heterocycles. The van der Waals surface area contributed by atoms with Crippen LogP contribution in [0.4, 0.5) is 4.79 Å². The maximum absolute atomic E-state index is 13.7. The Morgan fingerprint density at radius 1 is 1.07 bits per heavy atom. The molecule has 0 unspecified atom stereocenters. The van der Waals surface area contributed by atoms with E-state index in [2.05, 4.69) is 0 Å². The Morgan fingerprint density at radius 3 is 2.23 bits per heavy atom. The summed E-state index contributed by atoms with van der Waals surface area (Å²) in [5, 5.41) is 0. The van der Waals surface area contributed by atoms with E-state index in [0.29, 0.717) is 31.0 Å². The van der Waals surface area contributed by atoms with Crippen LogP contribution in [0.15, 0.2) is 65.5 Å². The molecule has 3 aromatic rings. The van der Waals surface area contributed by atoms with Crippen molar-refractivity contribution in [2.24, 2.45) is 0 Å². The first-order chi connectivity index (χ1) is 14.6. The highest BCUT2D eigenvalue weighted by Crippen LogP contribution is 2.27. The second-order valence-corrected chi connectivity index (χ2v) is 7.35. The van der Waals surface area contributed by atoms with Gasteiger partial charge in [-0.1, -0.05) is 60.7 Å². The molecule has 0 spiro atoms. The van der Waals surface area contributed by atoms with Crippen molar-refractivity contribution < 1.29 is 9.53 Å². The van der Waals surface area contributed by atoms with Gasteiger partial charge in [-0.05, 0) is 25.0 Å². The maximum atomic E-state index is 13.7. The van der Waals surface area contributed by atoms with E-state index in [1.165, 1.54) is 0 Å². The molecular formula is C24H25N3O3. The molecule has 0 bridgehead atoms. The van der Waals surface area contributed by atoms with E-state index in [-0.39, 0.29) is 18.1 Å². The zero-order chi connectivity index (χ0) is 21.1. The van der Waals surface area contributed by atoms with E-state index in [9.17, 15) is 9.59 Å². The molecule has 0 radical (unpaired) electrons. The molecule has 0 saturated carbocycles. The summed E-state index contributed by atoms with van der Waals surface area (Å²) in [6.07, 6.45) is 0.157. The lowest BCUT2D eigenvalue weighted by molar-refractivity contribution is 0.102. The van der Waals surface area contributed by atoms with E-state index in [1.54, 1.807) is 16.4 Å². The van der Waals surface area contributed by atoms with Crippen LogP contribution < -0.4 is 5.56 Å². The van der Waals surface area contributed by atoms with Crippen molar-refractivity contribution in [2.75, 3.05) is 13.2 Å². The molecule has 2 aromatic carbocycles. The lowest BCUT2D eigenvalue weighted by atomic mass is 9.97. The summed E-state index contributed by atoms with van der Waals surface area (Å²) in [5.41, 5.74) is 3.25. The number of aryl methyl sites for hydroxylation is 1. The number of nitrogens with zero attached hydrogens (tertiary/aromatic N) is 3. The third kappa shape index (κ3) is 3.73. The van der Waals surface area contributed by atoms with Crippen molar-refractivity contribution in [3.8, 4) is 0 Å². The number of hydrogen-bond donors (Lipinski definition) is 0. The third-order valence-corrected chi connectivity index (χ3v) is 5.45. The van der Waals surface area contributed by atoms with Crippen molar-refractivity contribution in [3.63, 3.8) is 0 Å². The molecule has 0 saturated heterocycles. The normalized spacial score (nSPS) is 13.2. The lowest BCUT2D eigenvalue weighted by Gasteiger charge is -2.30. The second kappa shape index (κ2) is 8.53. The van der Waals surface area contributed by atoms with Gasteiger partial charge in [0, 0.05) is 13.0 Å². The van der Waals surface area contributed by atoms with E-state index in [0.717, 1.165) is 16.8 Å². The Bertz CT molecular complexity index is 1050. The molecule has 1 amide bonds. The van der Waals surface area contributed by atoms with Crippen molar-refractivity contribution in [3.05, 3.63) is 99.2 Å². The fourth-order valence-corrected chi connectivity index (χ4v) is 4.04. The van der Waals surface area contributed by atoms with Crippen LogP contribution in [0, 0.1) is 6.92 Å². The highest BCUT2D eigenvalue weighted by molar-refractivity contribution is 5.68. The zero-order valence-corrected chi connectivity index (χ0v) is 17.2. The number of hydrogen-bond acceptors (Lipinski definition) is 4. The third-order valence-electron chi connectivity index (χ3n) is 5.45. The molecule has 1 aliphatic rings. The van der Waals surface area contributed by atoms with Crippen LogP contribution in [0.3, 0.4) is 0 Å². The van der Waals surface area contributed by atoms with E-state index in [4.69, 9.17) is 9.72 Å². The fraction of sp³-hybridized carbons (Fsp3) is 0.292. The summed E-state index contributed by atoms with van der Waals surface area (Å²) >= 11 is 0. The van der Waals surface area contributed by atoms with Crippen LogP contribution in [-0.2, 0) is 17.7 Å². The second-order valence-electron chi connectivity index (χ2n) is 7.35. The summed E-state index contributed by atoms with van der Waals surface area (Å²) in [6, 6.07) is 19.6. The highest BCUT2D eigenvalue weighted by atomic mass is 16.6. The first kappa shape index (κ1) is 19.9. The topological polar surface area (TPSA) is 64.4 Å². The number of aromatic nitrogens is 2. The number of amides is 1. The molecule has 4 rings (SSSR count). The molecule has 154 valence electrons. The highest BCUT2D eigenvalue weighted by Gasteiger charge is 2.29. The van der Waals surface area contributed by atoms with Crippen LogP contribution in [-0.4, -0.2) is 33.7 Å². The predicted molar refractivity (Wildman–Crippen MR) is 114 cm³/mol. The molecule has 30 heavy (non-hydrogen) atoms. The molecule has 0 fully saturated rings. The van der Waals surface area contributed by atoms with Gasteiger partial charge in [0.2, 0.25) is 0 Å². The van der Waals surface area contributed by atoms with Gasteiger partial charge in [-0.25, -0.2) is 9.78 Å². The van der Waals surface area contributed by atoms with Crippen LogP contribution in [0.1, 0.15) is 41.2 Å². The fourth-order valence-electron chi connectivity index (χ4n) is 4.04. The first-order valence-corrected chi connectivity index (χ1v) is 10.2. The minimum absolute atomic E-state index is 0.107. The van der Waals surface area contributed by atoms with Crippen molar-refractivity contribution in [1.82, 2.24) is 14.5 Å². The summed E-state index contributed by atoms with van der Waals surface area (Å²) in [6.45, 7) is 4.68. The van der Waals surface area contributed by atoms with E-state index < -0.39 is 6.09 Å². The van der Waals surface area contributed by atoms with Gasteiger partial charge < -0.3 is 9.64 Å². The standard InChI is InChI=1S/C24H25N3O3/c1-3-30-24(29)26-15-14-21-20(16-26)23(28)27(17(2)25-21)22(18-10-6-4-7-11-18)19-12-8-5-9-13-19/h4-13,22H,3,14-16H2,1-2H3. The zero-order valence-electron chi connectivity index (χ0n) is 17.2. The monoisotopic (exact) mass is 403 g/mol. The lowest BCUT2D eigenvalue weighted by Crippen LogP contribution is -2.42. The van der Waals surface area contributed by atoms with Crippen molar-refractivity contribution in [2.45, 2.75) is 32.9 Å². The Labute approximate surface area is 175 Å². The molecule has 1 aliphatic heterocycles. The van der Waals surface area contributed by atoms with Crippen molar-refractivity contribution >= 4 is 6.09 Å². The molecule has 0 N–H and O–H groups in total. The van der Waals surface area contributed by atoms with Crippen LogP contribution in [0.5, 0.6) is 0 Å². The van der Waals surface area contributed by atoms with E-state index in [1.807, 2.05) is 67.6 Å². The van der Waals surface area contributed by atoms with Gasteiger partial charge in [-0.15, -0.1) is 0 Å². The van der Waals surface area contributed by atoms with E-state index >= 15 is 0 Å². The smallest absolute Gasteiger partial charge is 0.410 e. The Morgan fingerprint density at radius 2 is 1.67 bits per heavy atom. The molecule has 0 aliphatic carbocycles. The number of carbonyl (C=O) groups excluding carboxylic acids is 1. The average molecular weight is 403 g/mol. The number of rotatable bonds is 4. The van der Waals surface area contributed by atoms with Crippen LogP contribution in [0.25, 0.3) is 0 Å². The summed E-state index contributed by atoms with van der Waals surface area (Å²) in [4.78, 5) is 32.3. The summed E-state index contributed by atoms with van der Waals surface area (Å²) in [5.74, 6) is 0.668. The molecule has 1 aromatic heterocycles. The molecule has 6 nitrogen and oxygen atoms in total. The van der Waals surface area contributed by atoms with Crippen LogP contribution in [0.2, 0.25) is 0 Å². The molecular weight excluding hydrogens is 378 g/mol. The summed E-state index contributed by atoms with van der Waals surface area (Å²) < 4.78 is 6.88. The quantitative estimate of drug-likeness (QED) is 0.666. The van der Waals surface area contributed by atoms with Crippen molar-refractivity contribution in [1.29, 1.82) is 0 Å². The minimum Gasteiger partial charge on any atom is -0.450 e. The van der Waals surface area contributed by atoms with Gasteiger partial charge in [0.05, 0.1) is 30.5 Å². The van der Waals surface area contributed by atoms with Crippen LogP contribution >= 0.6 is 0 Å². The maximum Gasteiger partial charge on any atom is 0.410 e. The number of fused-ring (bicyclic) bond motifs is 1.